The van der Waals surface area contributed by atoms with Gasteiger partial charge in [0.05, 0.1) is 3.79 Å². The molecule has 2 aromatic rings. The van der Waals surface area contributed by atoms with Crippen molar-refractivity contribution in [2.75, 3.05) is 0 Å². The van der Waals surface area contributed by atoms with Crippen molar-refractivity contribution < 1.29 is 0 Å². The highest BCUT2D eigenvalue weighted by Crippen LogP contribution is 2.38. The van der Waals surface area contributed by atoms with Gasteiger partial charge in [-0.15, -0.1) is 22.7 Å². The van der Waals surface area contributed by atoms with Crippen molar-refractivity contribution in [3.8, 4) is 0 Å². The van der Waals surface area contributed by atoms with Gasteiger partial charge in [0.25, 0.3) is 0 Å². The second-order valence-corrected chi connectivity index (χ2v) is 8.77. The predicted molar refractivity (Wildman–Crippen MR) is 88.3 cm³/mol. The number of aryl methyl sites for hydroxylation is 1. The predicted octanol–water partition coefficient (Wildman–Crippen LogP) is 5.17. The molecule has 1 nitrogen and oxygen atoms in total. The lowest BCUT2D eigenvalue weighted by molar-refractivity contribution is 0.410. The van der Waals surface area contributed by atoms with Crippen LogP contribution in [0.4, 0.5) is 0 Å². The lowest BCUT2D eigenvalue weighted by atomic mass is 9.93. The van der Waals surface area contributed by atoms with Gasteiger partial charge >= 0.3 is 0 Å². The number of thiophene rings is 2. The first-order chi connectivity index (χ1) is 9.22. The van der Waals surface area contributed by atoms with E-state index < -0.39 is 0 Å². The van der Waals surface area contributed by atoms with E-state index in [1.165, 1.54) is 33.5 Å². The van der Waals surface area contributed by atoms with E-state index in [0.29, 0.717) is 12.1 Å². The Morgan fingerprint density at radius 1 is 1.53 bits per heavy atom. The highest BCUT2D eigenvalue weighted by molar-refractivity contribution is 9.11. The van der Waals surface area contributed by atoms with Crippen LogP contribution in [-0.4, -0.2) is 6.04 Å². The zero-order chi connectivity index (χ0) is 13.2. The van der Waals surface area contributed by atoms with Crippen molar-refractivity contribution in [3.63, 3.8) is 0 Å². The summed E-state index contributed by atoms with van der Waals surface area (Å²) < 4.78 is 1.28. The van der Waals surface area contributed by atoms with Crippen LogP contribution in [0.5, 0.6) is 0 Å². The van der Waals surface area contributed by atoms with Crippen LogP contribution in [0.1, 0.15) is 41.1 Å². The van der Waals surface area contributed by atoms with Crippen LogP contribution < -0.4 is 5.32 Å². The summed E-state index contributed by atoms with van der Waals surface area (Å²) in [5, 5.41) is 5.98. The van der Waals surface area contributed by atoms with Crippen LogP contribution >= 0.6 is 38.6 Å². The number of hydrogen-bond donors (Lipinski definition) is 1. The van der Waals surface area contributed by atoms with E-state index in [1.807, 2.05) is 22.7 Å². The topological polar surface area (TPSA) is 12.0 Å². The first-order valence-corrected chi connectivity index (χ1v) is 9.28. The second-order valence-electron chi connectivity index (χ2n) is 5.23. The molecule has 0 aromatic carbocycles. The van der Waals surface area contributed by atoms with Crippen molar-refractivity contribution in [3.05, 3.63) is 42.7 Å². The van der Waals surface area contributed by atoms with Gasteiger partial charge in [-0.25, -0.2) is 0 Å². The molecule has 0 bridgehead atoms. The Hall–Kier alpha value is -0.160. The summed E-state index contributed by atoms with van der Waals surface area (Å²) in [6.45, 7) is 2.30. The zero-order valence-electron chi connectivity index (χ0n) is 11.0. The molecule has 3 rings (SSSR count). The van der Waals surface area contributed by atoms with Gasteiger partial charge in [-0.2, -0.15) is 0 Å². The van der Waals surface area contributed by atoms with Crippen molar-refractivity contribution in [2.24, 2.45) is 0 Å². The molecule has 0 saturated carbocycles. The second kappa shape index (κ2) is 6.08. The molecule has 1 aliphatic rings. The Balaban J connectivity index is 1.67. The fourth-order valence-electron chi connectivity index (χ4n) is 2.83. The summed E-state index contributed by atoms with van der Waals surface area (Å²) in [6.07, 6.45) is 4.96. The number of rotatable bonds is 4. The number of nitrogens with one attached hydrogen (secondary N) is 1. The summed E-state index contributed by atoms with van der Waals surface area (Å²) in [5.74, 6) is 0. The molecule has 0 radical (unpaired) electrons. The largest absolute Gasteiger partial charge is 0.307 e. The average molecular weight is 356 g/mol. The lowest BCUT2D eigenvalue weighted by Crippen LogP contribution is -2.33. The number of halogens is 1. The standard InChI is InChI=1S/C15H18BrNS2/c1-10(8-11-4-3-7-18-11)17-13-5-2-6-14-12(13)9-15(16)19-14/h3-4,7,9-10,13,17H,2,5-6,8H2,1H3. The molecule has 2 heterocycles. The van der Waals surface area contributed by atoms with Gasteiger partial charge in [-0.05, 0) is 71.6 Å². The highest BCUT2D eigenvalue weighted by atomic mass is 79.9. The summed E-state index contributed by atoms with van der Waals surface area (Å²) in [6, 6.07) is 7.77. The Bertz CT molecular complexity index is 532. The maximum atomic E-state index is 3.82. The van der Waals surface area contributed by atoms with Crippen molar-refractivity contribution in [1.82, 2.24) is 5.32 Å². The van der Waals surface area contributed by atoms with E-state index in [0.717, 1.165) is 6.42 Å². The first-order valence-electron chi connectivity index (χ1n) is 6.79. The minimum Gasteiger partial charge on any atom is -0.307 e. The minimum absolute atomic E-state index is 0.535. The molecular weight excluding hydrogens is 338 g/mol. The normalized spacial score (nSPS) is 20.2. The monoisotopic (exact) mass is 355 g/mol. The van der Waals surface area contributed by atoms with Gasteiger partial charge in [0.2, 0.25) is 0 Å². The van der Waals surface area contributed by atoms with E-state index in [1.54, 1.807) is 4.88 Å². The Morgan fingerprint density at radius 3 is 3.21 bits per heavy atom. The molecule has 19 heavy (non-hydrogen) atoms. The van der Waals surface area contributed by atoms with E-state index in [-0.39, 0.29) is 0 Å². The smallest absolute Gasteiger partial charge is 0.0704 e. The van der Waals surface area contributed by atoms with E-state index in [4.69, 9.17) is 0 Å². The van der Waals surface area contributed by atoms with Crippen LogP contribution in [0.3, 0.4) is 0 Å². The van der Waals surface area contributed by atoms with E-state index >= 15 is 0 Å². The van der Waals surface area contributed by atoms with Crippen LogP contribution in [0.25, 0.3) is 0 Å². The molecule has 0 amide bonds. The van der Waals surface area contributed by atoms with Gasteiger partial charge < -0.3 is 5.32 Å². The fourth-order valence-corrected chi connectivity index (χ4v) is 5.48. The van der Waals surface area contributed by atoms with Gasteiger partial charge in [0, 0.05) is 21.8 Å². The Labute approximate surface area is 131 Å². The van der Waals surface area contributed by atoms with Crippen molar-refractivity contribution in [1.29, 1.82) is 0 Å². The summed E-state index contributed by atoms with van der Waals surface area (Å²) in [4.78, 5) is 3.04. The number of hydrogen-bond acceptors (Lipinski definition) is 3. The fraction of sp³-hybridized carbons (Fsp3) is 0.467. The molecular formula is C15H18BrNS2. The van der Waals surface area contributed by atoms with E-state index in [9.17, 15) is 0 Å². The third-order valence-corrected chi connectivity index (χ3v) is 6.27. The molecule has 2 atom stereocenters. The molecule has 2 aromatic heterocycles. The van der Waals surface area contributed by atoms with Crippen LogP contribution in [0.2, 0.25) is 0 Å². The van der Waals surface area contributed by atoms with Gasteiger partial charge in [0.15, 0.2) is 0 Å². The molecule has 0 spiro atoms. The van der Waals surface area contributed by atoms with Gasteiger partial charge in [-0.1, -0.05) is 6.07 Å². The van der Waals surface area contributed by atoms with E-state index in [2.05, 4.69) is 51.7 Å². The molecule has 102 valence electrons. The molecule has 0 fully saturated rings. The minimum atomic E-state index is 0.535. The van der Waals surface area contributed by atoms with Crippen LogP contribution in [0, 0.1) is 0 Å². The number of fused-ring (bicyclic) bond motifs is 1. The highest BCUT2D eigenvalue weighted by Gasteiger charge is 2.23. The maximum Gasteiger partial charge on any atom is 0.0704 e. The molecule has 2 unspecified atom stereocenters. The van der Waals surface area contributed by atoms with Crippen molar-refractivity contribution >= 4 is 38.6 Å². The Morgan fingerprint density at radius 2 is 2.42 bits per heavy atom. The van der Waals surface area contributed by atoms with Gasteiger partial charge in [0.1, 0.15) is 0 Å². The summed E-state index contributed by atoms with van der Waals surface area (Å²) >= 11 is 7.39. The zero-order valence-corrected chi connectivity index (χ0v) is 14.2. The SMILES string of the molecule is CC(Cc1cccs1)NC1CCCc2sc(Br)cc21. The third-order valence-electron chi connectivity index (χ3n) is 3.66. The lowest BCUT2D eigenvalue weighted by Gasteiger charge is -2.27. The van der Waals surface area contributed by atoms with Gasteiger partial charge in [-0.3, -0.25) is 0 Å². The average Bonchev–Trinajstić information content (AvgIpc) is 2.97. The van der Waals surface area contributed by atoms with Crippen molar-refractivity contribution in [2.45, 2.75) is 44.7 Å². The molecule has 0 saturated heterocycles. The quantitative estimate of drug-likeness (QED) is 0.797. The van der Waals surface area contributed by atoms with Crippen LogP contribution in [0.15, 0.2) is 27.4 Å². The molecule has 0 aliphatic heterocycles. The first kappa shape index (κ1) is 13.8. The third kappa shape index (κ3) is 3.30. The molecule has 1 N–H and O–H groups in total. The molecule has 1 aliphatic carbocycles. The van der Waals surface area contributed by atoms with Crippen LogP contribution in [-0.2, 0) is 12.8 Å². The maximum absolute atomic E-state index is 3.82. The molecule has 4 heteroatoms. The summed E-state index contributed by atoms with van der Waals surface area (Å²) in [5.41, 5.74) is 1.53. The Kier molecular flexibility index (Phi) is 4.42. The summed E-state index contributed by atoms with van der Waals surface area (Å²) in [7, 11) is 0.